The zero-order valence-electron chi connectivity index (χ0n) is 22.1. The molecule has 0 amide bonds. The van der Waals surface area contributed by atoms with Gasteiger partial charge in [-0.05, 0) is 6.07 Å². The highest BCUT2D eigenvalue weighted by Crippen LogP contribution is 2.41. The Labute approximate surface area is 229 Å². The summed E-state index contributed by atoms with van der Waals surface area (Å²) in [6.45, 7) is 4.99. The van der Waals surface area contributed by atoms with Crippen LogP contribution >= 0.6 is 11.6 Å². The fourth-order valence-electron chi connectivity index (χ4n) is 5.41. The Morgan fingerprint density at radius 1 is 1.15 bits per heavy atom. The molecule has 214 valence electrons. The third-order valence-electron chi connectivity index (χ3n) is 7.58. The van der Waals surface area contributed by atoms with Gasteiger partial charge in [-0.15, -0.1) is 0 Å². The molecule has 5 atom stereocenters. The van der Waals surface area contributed by atoms with Gasteiger partial charge in [-0.1, -0.05) is 25.4 Å². The van der Waals surface area contributed by atoms with Crippen molar-refractivity contribution in [1.29, 1.82) is 0 Å². The lowest BCUT2D eigenvalue weighted by Crippen LogP contribution is -2.45. The SMILES string of the molecule is COc1cc(N2CCC(Oc3ncc(N4CC(OC)C(C)C4CC(=O)O)cc3C(F)(F)F)C(C)C2)c(Cl)cn1. The first-order valence-electron chi connectivity index (χ1n) is 12.6. The smallest absolute Gasteiger partial charge is 0.421 e. The highest BCUT2D eigenvalue weighted by molar-refractivity contribution is 6.33. The highest BCUT2D eigenvalue weighted by atomic mass is 35.5. The average molecular weight is 573 g/mol. The second-order valence-corrected chi connectivity index (χ2v) is 10.4. The van der Waals surface area contributed by atoms with E-state index in [-0.39, 0.29) is 36.6 Å². The Bertz CT molecular complexity index is 1190. The van der Waals surface area contributed by atoms with Gasteiger partial charge in [-0.25, -0.2) is 9.97 Å². The fraction of sp³-hybridized carbons (Fsp3) is 0.577. The van der Waals surface area contributed by atoms with Crippen LogP contribution in [0, 0.1) is 11.8 Å². The van der Waals surface area contributed by atoms with Crippen LogP contribution in [0.15, 0.2) is 24.5 Å². The van der Waals surface area contributed by atoms with Crippen molar-refractivity contribution in [3.63, 3.8) is 0 Å². The minimum atomic E-state index is -4.72. The Hall–Kier alpha value is -2.99. The lowest BCUT2D eigenvalue weighted by Gasteiger charge is -2.38. The Balaban J connectivity index is 1.55. The van der Waals surface area contributed by atoms with E-state index in [2.05, 4.69) is 9.97 Å². The van der Waals surface area contributed by atoms with Gasteiger partial charge in [0.25, 0.3) is 0 Å². The van der Waals surface area contributed by atoms with E-state index in [0.29, 0.717) is 30.4 Å². The van der Waals surface area contributed by atoms with Crippen LogP contribution in [0.25, 0.3) is 0 Å². The number of hydrogen-bond donors (Lipinski definition) is 1. The van der Waals surface area contributed by atoms with Crippen molar-refractivity contribution in [1.82, 2.24) is 9.97 Å². The second-order valence-electron chi connectivity index (χ2n) is 10.0. The van der Waals surface area contributed by atoms with Gasteiger partial charge in [0.2, 0.25) is 11.8 Å². The largest absolute Gasteiger partial charge is 0.481 e. The number of methoxy groups -OCH3 is 2. The van der Waals surface area contributed by atoms with Crippen molar-refractivity contribution in [3.8, 4) is 11.8 Å². The van der Waals surface area contributed by atoms with E-state index in [9.17, 15) is 23.1 Å². The zero-order valence-corrected chi connectivity index (χ0v) is 22.9. The number of carboxylic acid groups (broad SMARTS) is 1. The summed E-state index contributed by atoms with van der Waals surface area (Å²) < 4.78 is 59.1. The predicted molar refractivity (Wildman–Crippen MR) is 139 cm³/mol. The molecule has 2 aliphatic rings. The number of ether oxygens (including phenoxy) is 3. The average Bonchev–Trinajstić information content (AvgIpc) is 3.19. The quantitative estimate of drug-likeness (QED) is 0.480. The van der Waals surface area contributed by atoms with E-state index >= 15 is 0 Å². The van der Waals surface area contributed by atoms with E-state index in [1.54, 1.807) is 11.0 Å². The van der Waals surface area contributed by atoms with Crippen LogP contribution in [0.3, 0.4) is 0 Å². The summed E-state index contributed by atoms with van der Waals surface area (Å²) in [6.07, 6.45) is -2.52. The van der Waals surface area contributed by atoms with Gasteiger partial charge < -0.3 is 29.1 Å². The number of aliphatic carboxylic acids is 1. The standard InChI is InChI=1S/C26H32ClF3N4O5/c1-14-12-33(20-8-23(38-4)31-11-18(20)27)6-5-21(14)39-25-17(26(28,29)30)7-16(10-32-25)34-13-22(37-3)15(2)19(34)9-24(35)36/h7-8,10-11,14-15,19,21-22H,5-6,9,12-13H2,1-4H3,(H,35,36). The number of carbonyl (C=O) groups is 1. The van der Waals surface area contributed by atoms with Crippen molar-refractivity contribution < 1.29 is 37.3 Å². The molecule has 4 rings (SSSR count). The van der Waals surface area contributed by atoms with E-state index in [1.807, 2.05) is 18.7 Å². The number of anilines is 2. The number of alkyl halides is 3. The molecule has 1 N–H and O–H groups in total. The Morgan fingerprint density at radius 2 is 1.90 bits per heavy atom. The predicted octanol–water partition coefficient (Wildman–Crippen LogP) is 4.77. The number of piperidine rings is 1. The molecular formula is C26H32ClF3N4O5. The van der Waals surface area contributed by atoms with E-state index in [1.165, 1.54) is 26.6 Å². The number of hydrogen-bond acceptors (Lipinski definition) is 8. The summed E-state index contributed by atoms with van der Waals surface area (Å²) in [5, 5.41) is 9.83. The minimum absolute atomic E-state index is 0.140. The van der Waals surface area contributed by atoms with Crippen LogP contribution in [-0.2, 0) is 15.7 Å². The highest BCUT2D eigenvalue weighted by Gasteiger charge is 2.43. The molecule has 2 fully saturated rings. The molecule has 0 bridgehead atoms. The Kier molecular flexibility index (Phi) is 8.65. The molecule has 0 spiro atoms. The fourth-order valence-corrected chi connectivity index (χ4v) is 5.63. The third kappa shape index (κ3) is 6.27. The monoisotopic (exact) mass is 572 g/mol. The minimum Gasteiger partial charge on any atom is -0.481 e. The van der Waals surface area contributed by atoms with Crippen molar-refractivity contribution in [2.45, 2.75) is 51.1 Å². The molecule has 9 nitrogen and oxygen atoms in total. The van der Waals surface area contributed by atoms with E-state index in [4.69, 9.17) is 25.8 Å². The summed E-state index contributed by atoms with van der Waals surface area (Å²) in [6, 6.07) is 2.18. The maximum atomic E-state index is 14.2. The zero-order chi connectivity index (χ0) is 28.5. The molecule has 13 heteroatoms. The molecule has 2 saturated heterocycles. The summed E-state index contributed by atoms with van der Waals surface area (Å²) >= 11 is 6.33. The maximum absolute atomic E-state index is 14.2. The first-order chi connectivity index (χ1) is 18.4. The second kappa shape index (κ2) is 11.6. The van der Waals surface area contributed by atoms with Gasteiger partial charge in [0.05, 0.1) is 48.4 Å². The molecule has 0 saturated carbocycles. The van der Waals surface area contributed by atoms with Crippen molar-refractivity contribution in [2.24, 2.45) is 11.8 Å². The molecule has 2 aromatic heterocycles. The lowest BCUT2D eigenvalue weighted by atomic mass is 9.96. The number of rotatable bonds is 8. The van der Waals surface area contributed by atoms with Crippen LogP contribution in [-0.4, -0.2) is 73.1 Å². The first-order valence-corrected chi connectivity index (χ1v) is 13.0. The lowest BCUT2D eigenvalue weighted by molar-refractivity contribution is -0.140. The van der Waals surface area contributed by atoms with Gasteiger partial charge in [0.1, 0.15) is 11.7 Å². The summed E-state index contributed by atoms with van der Waals surface area (Å²) in [5.41, 5.74) is -0.0898. The van der Waals surface area contributed by atoms with Crippen LogP contribution in [0.4, 0.5) is 24.5 Å². The molecule has 2 aliphatic heterocycles. The summed E-state index contributed by atoms with van der Waals surface area (Å²) in [5.74, 6) is -1.46. The van der Waals surface area contributed by atoms with Crippen LogP contribution in [0.2, 0.25) is 5.02 Å². The maximum Gasteiger partial charge on any atom is 0.421 e. The molecule has 5 unspecified atom stereocenters. The van der Waals surface area contributed by atoms with Crippen LogP contribution in [0.1, 0.15) is 32.3 Å². The third-order valence-corrected chi connectivity index (χ3v) is 7.87. The molecular weight excluding hydrogens is 541 g/mol. The van der Waals surface area contributed by atoms with E-state index < -0.39 is 35.7 Å². The van der Waals surface area contributed by atoms with Gasteiger partial charge in [-0.2, -0.15) is 13.2 Å². The topological polar surface area (TPSA) is 97.2 Å². The normalized spacial score (nSPS) is 25.6. The van der Waals surface area contributed by atoms with Gasteiger partial charge in [0, 0.05) is 57.1 Å². The summed E-state index contributed by atoms with van der Waals surface area (Å²) in [7, 11) is 3.01. The van der Waals surface area contributed by atoms with Gasteiger partial charge >= 0.3 is 12.1 Å². The number of pyridine rings is 2. The van der Waals surface area contributed by atoms with Crippen molar-refractivity contribution in [3.05, 3.63) is 35.1 Å². The number of nitrogens with zero attached hydrogens (tertiary/aromatic N) is 4. The first kappa shape index (κ1) is 29.0. The van der Waals surface area contributed by atoms with Crippen LogP contribution < -0.4 is 19.3 Å². The van der Waals surface area contributed by atoms with Gasteiger partial charge in [-0.3, -0.25) is 4.79 Å². The Morgan fingerprint density at radius 3 is 2.51 bits per heavy atom. The molecule has 39 heavy (non-hydrogen) atoms. The number of aromatic nitrogens is 2. The number of carboxylic acids is 1. The van der Waals surface area contributed by atoms with Gasteiger partial charge in [0.15, 0.2) is 0 Å². The molecule has 0 aliphatic carbocycles. The van der Waals surface area contributed by atoms with E-state index in [0.717, 1.165) is 11.8 Å². The number of halogens is 4. The molecule has 0 radical (unpaired) electrons. The molecule has 0 aromatic carbocycles. The molecule has 2 aromatic rings. The van der Waals surface area contributed by atoms with Crippen molar-refractivity contribution in [2.75, 3.05) is 43.7 Å². The molecule has 4 heterocycles. The van der Waals surface area contributed by atoms with Crippen LogP contribution in [0.5, 0.6) is 11.8 Å². The van der Waals surface area contributed by atoms with Crippen molar-refractivity contribution >= 4 is 28.9 Å². The summed E-state index contributed by atoms with van der Waals surface area (Å²) in [4.78, 5) is 23.3.